The fraction of sp³-hybridized carbons (Fsp3) is 0. The van der Waals surface area contributed by atoms with Gasteiger partial charge < -0.3 is 5.32 Å². The molecule has 2 rings (SSSR count). The number of halogens is 2. The van der Waals surface area contributed by atoms with Crippen molar-refractivity contribution in [3.63, 3.8) is 0 Å². The van der Waals surface area contributed by atoms with Crippen LogP contribution in [0.3, 0.4) is 0 Å². The zero-order valence-electron chi connectivity index (χ0n) is 7.87. The molecule has 1 aromatic carbocycles. The normalized spacial score (nSPS) is 9.81. The Labute approximate surface area is 110 Å². The van der Waals surface area contributed by atoms with E-state index >= 15 is 0 Å². The lowest BCUT2D eigenvalue weighted by Crippen LogP contribution is -1.92. The fourth-order valence-electron chi connectivity index (χ4n) is 1.14. The molecule has 0 amide bonds. The van der Waals surface area contributed by atoms with Crippen molar-refractivity contribution in [3.05, 3.63) is 38.8 Å². The van der Waals surface area contributed by atoms with E-state index in [-0.39, 0.29) is 0 Å². The van der Waals surface area contributed by atoms with Gasteiger partial charge in [-0.05, 0) is 34.1 Å². The van der Waals surface area contributed by atoms with E-state index in [1.807, 2.05) is 5.38 Å². The Hall–Kier alpha value is -1.09. The molecule has 0 saturated carbocycles. The lowest BCUT2D eigenvalue weighted by atomic mass is 10.2. The van der Waals surface area contributed by atoms with Crippen LogP contribution in [0.2, 0.25) is 5.02 Å². The predicted octanol–water partition coefficient (Wildman–Crippen LogP) is 4.17. The first-order valence-electron chi connectivity index (χ1n) is 4.27. The number of hydrogen-bond donors (Lipinski definition) is 1. The molecular weight excluding hydrogens is 310 g/mol. The number of benzene rings is 1. The van der Waals surface area contributed by atoms with Crippen molar-refractivity contribution >= 4 is 49.7 Å². The molecule has 16 heavy (non-hydrogen) atoms. The summed E-state index contributed by atoms with van der Waals surface area (Å²) in [6, 6.07) is 7.16. The van der Waals surface area contributed by atoms with Gasteiger partial charge in [0.25, 0.3) is 0 Å². The van der Waals surface area contributed by atoms with Gasteiger partial charge in [0.15, 0.2) is 5.13 Å². The number of aromatic nitrogens is 1. The molecule has 0 radical (unpaired) electrons. The van der Waals surface area contributed by atoms with E-state index in [0.29, 0.717) is 21.4 Å². The summed E-state index contributed by atoms with van der Waals surface area (Å²) in [6.45, 7) is 0. The van der Waals surface area contributed by atoms with Crippen molar-refractivity contribution in [2.24, 2.45) is 0 Å². The van der Waals surface area contributed by atoms with Gasteiger partial charge in [0.2, 0.25) is 0 Å². The van der Waals surface area contributed by atoms with Crippen molar-refractivity contribution in [2.45, 2.75) is 0 Å². The van der Waals surface area contributed by atoms with E-state index in [4.69, 9.17) is 16.9 Å². The minimum atomic E-state index is 0.538. The van der Waals surface area contributed by atoms with E-state index in [0.717, 1.165) is 4.60 Å². The maximum atomic E-state index is 8.93. The molecule has 0 unspecified atom stereocenters. The highest BCUT2D eigenvalue weighted by molar-refractivity contribution is 9.10. The third-order valence-electron chi connectivity index (χ3n) is 1.82. The summed E-state index contributed by atoms with van der Waals surface area (Å²) < 4.78 is 0.764. The molecule has 1 aromatic heterocycles. The SMILES string of the molecule is N#Cc1ccc(Cl)cc1Nc1nc(Br)cs1. The van der Waals surface area contributed by atoms with Crippen molar-refractivity contribution in [3.8, 4) is 6.07 Å². The van der Waals surface area contributed by atoms with Crippen molar-refractivity contribution < 1.29 is 0 Å². The Morgan fingerprint density at radius 2 is 2.31 bits per heavy atom. The summed E-state index contributed by atoms with van der Waals surface area (Å²) in [7, 11) is 0. The Bertz CT molecular complexity index is 561. The first-order chi connectivity index (χ1) is 7.69. The Morgan fingerprint density at radius 3 is 2.94 bits per heavy atom. The molecule has 6 heteroatoms. The second-order valence-corrected chi connectivity index (χ2v) is 5.01. The Kier molecular flexibility index (Phi) is 3.44. The monoisotopic (exact) mass is 313 g/mol. The van der Waals surface area contributed by atoms with Gasteiger partial charge in [-0.3, -0.25) is 0 Å². The van der Waals surface area contributed by atoms with Crippen LogP contribution in [0.4, 0.5) is 10.8 Å². The van der Waals surface area contributed by atoms with Crippen LogP contribution in [-0.2, 0) is 0 Å². The van der Waals surface area contributed by atoms with Gasteiger partial charge in [-0.25, -0.2) is 4.98 Å². The molecule has 0 aliphatic heterocycles. The van der Waals surface area contributed by atoms with E-state index in [1.54, 1.807) is 18.2 Å². The van der Waals surface area contributed by atoms with Crippen LogP contribution in [0.25, 0.3) is 0 Å². The first kappa shape index (κ1) is 11.4. The van der Waals surface area contributed by atoms with E-state index < -0.39 is 0 Å². The minimum absolute atomic E-state index is 0.538. The van der Waals surface area contributed by atoms with E-state index in [9.17, 15) is 0 Å². The van der Waals surface area contributed by atoms with Crippen LogP contribution >= 0.6 is 38.9 Å². The summed E-state index contributed by atoms with van der Waals surface area (Å²) >= 11 is 10.6. The van der Waals surface area contributed by atoms with Crippen LogP contribution < -0.4 is 5.32 Å². The summed E-state index contributed by atoms with van der Waals surface area (Å²) in [5, 5.41) is 15.1. The molecule has 1 N–H and O–H groups in total. The van der Waals surface area contributed by atoms with Gasteiger partial charge in [0.05, 0.1) is 11.3 Å². The molecule has 0 aliphatic carbocycles. The molecule has 3 nitrogen and oxygen atoms in total. The molecule has 0 aliphatic rings. The van der Waals surface area contributed by atoms with Crippen LogP contribution in [-0.4, -0.2) is 4.98 Å². The summed E-state index contributed by atoms with van der Waals surface area (Å²) in [5.41, 5.74) is 1.20. The number of nitriles is 1. The number of hydrogen-bond acceptors (Lipinski definition) is 4. The van der Waals surface area contributed by atoms with Gasteiger partial charge in [-0.1, -0.05) is 11.6 Å². The predicted molar refractivity (Wildman–Crippen MR) is 69.3 cm³/mol. The third kappa shape index (κ3) is 2.53. The number of nitrogens with one attached hydrogen (secondary N) is 1. The maximum Gasteiger partial charge on any atom is 0.188 e. The first-order valence-corrected chi connectivity index (χ1v) is 6.32. The standard InChI is InChI=1S/C10H5BrClN3S/c11-9-5-16-10(15-9)14-8-3-7(12)2-1-6(8)4-13/h1-3,5H,(H,14,15). The number of thiazole rings is 1. The molecule has 0 saturated heterocycles. The van der Waals surface area contributed by atoms with Gasteiger partial charge in [0.1, 0.15) is 10.7 Å². The van der Waals surface area contributed by atoms with Gasteiger partial charge in [-0.15, -0.1) is 11.3 Å². The lowest BCUT2D eigenvalue weighted by molar-refractivity contribution is 1.34. The van der Waals surface area contributed by atoms with Gasteiger partial charge in [-0.2, -0.15) is 5.26 Å². The average molecular weight is 315 g/mol. The second kappa shape index (κ2) is 4.83. The topological polar surface area (TPSA) is 48.7 Å². The zero-order valence-corrected chi connectivity index (χ0v) is 11.0. The smallest absolute Gasteiger partial charge is 0.188 e. The highest BCUT2D eigenvalue weighted by Crippen LogP contribution is 2.27. The molecule has 0 fully saturated rings. The average Bonchev–Trinajstić information content (AvgIpc) is 2.64. The third-order valence-corrected chi connectivity index (χ3v) is 3.52. The van der Waals surface area contributed by atoms with Crippen molar-refractivity contribution in [1.82, 2.24) is 4.98 Å². The number of anilines is 2. The molecule has 80 valence electrons. The molecule has 0 bridgehead atoms. The summed E-state index contributed by atoms with van der Waals surface area (Å²) in [5.74, 6) is 0. The molecular formula is C10H5BrClN3S. The summed E-state index contributed by atoms with van der Waals surface area (Å²) in [6.07, 6.45) is 0. The van der Waals surface area contributed by atoms with Crippen LogP contribution in [0.15, 0.2) is 28.2 Å². The van der Waals surface area contributed by atoms with Gasteiger partial charge >= 0.3 is 0 Å². The van der Waals surface area contributed by atoms with Crippen LogP contribution in [0, 0.1) is 11.3 Å². The second-order valence-electron chi connectivity index (χ2n) is 2.90. The highest BCUT2D eigenvalue weighted by Gasteiger charge is 2.05. The molecule has 2 aromatic rings. The number of nitrogens with zero attached hydrogens (tertiary/aromatic N) is 2. The molecule has 1 heterocycles. The Balaban J connectivity index is 2.34. The quantitative estimate of drug-likeness (QED) is 0.905. The largest absolute Gasteiger partial charge is 0.330 e. The fourth-order valence-corrected chi connectivity index (χ4v) is 2.47. The van der Waals surface area contributed by atoms with E-state index in [2.05, 4.69) is 32.3 Å². The van der Waals surface area contributed by atoms with Crippen molar-refractivity contribution in [1.29, 1.82) is 5.26 Å². The van der Waals surface area contributed by atoms with Crippen LogP contribution in [0.1, 0.15) is 5.56 Å². The highest BCUT2D eigenvalue weighted by atomic mass is 79.9. The minimum Gasteiger partial charge on any atom is -0.330 e. The maximum absolute atomic E-state index is 8.93. The van der Waals surface area contributed by atoms with Gasteiger partial charge in [0, 0.05) is 10.4 Å². The molecule has 0 atom stereocenters. The summed E-state index contributed by atoms with van der Waals surface area (Å²) in [4.78, 5) is 4.18. The zero-order chi connectivity index (χ0) is 11.5. The Morgan fingerprint density at radius 1 is 1.50 bits per heavy atom. The van der Waals surface area contributed by atoms with Crippen molar-refractivity contribution in [2.75, 3.05) is 5.32 Å². The van der Waals surface area contributed by atoms with E-state index in [1.165, 1.54) is 11.3 Å². The lowest BCUT2D eigenvalue weighted by Gasteiger charge is -2.04. The molecule has 0 spiro atoms. The van der Waals surface area contributed by atoms with Crippen LogP contribution in [0.5, 0.6) is 0 Å². The number of rotatable bonds is 2.